The molecule has 1 aliphatic heterocycles. The third-order valence-electron chi connectivity index (χ3n) is 6.31. The Kier molecular flexibility index (Phi) is 9.12. The lowest BCUT2D eigenvalue weighted by molar-refractivity contribution is -0.136. The second-order valence-electron chi connectivity index (χ2n) is 8.84. The minimum absolute atomic E-state index is 0.0304. The molecule has 3 aromatic rings. The highest BCUT2D eigenvalue weighted by Gasteiger charge is 2.36. The summed E-state index contributed by atoms with van der Waals surface area (Å²) < 4.78 is 39.3. The number of amides is 1. The SMILES string of the molecule is CCN1C(=O)/C(=C/c2ccc(CN(Cc3ccc(Cl)c(Cl)c3)S(=O)(=O)c3ccc(Cl)cc3)o2)C(C(=O)OC)=C1C. The number of carbonyl (C=O) groups is 2. The topological polar surface area (TPSA) is 97.1 Å². The summed E-state index contributed by atoms with van der Waals surface area (Å²) in [5, 5.41) is 1.04. The second-order valence-corrected chi connectivity index (χ2v) is 12.0. The molecule has 0 bridgehead atoms. The number of furan rings is 1. The van der Waals surface area contributed by atoms with Gasteiger partial charge in [-0.3, -0.25) is 4.79 Å². The molecule has 2 aromatic carbocycles. The second kappa shape index (κ2) is 12.2. The van der Waals surface area contributed by atoms with E-state index in [0.717, 1.165) is 0 Å². The van der Waals surface area contributed by atoms with Gasteiger partial charge in [-0.2, -0.15) is 4.31 Å². The van der Waals surface area contributed by atoms with Crippen molar-refractivity contribution >= 4 is 62.8 Å². The quantitative estimate of drug-likeness (QED) is 0.204. The Morgan fingerprint density at radius 2 is 1.73 bits per heavy atom. The van der Waals surface area contributed by atoms with Crippen LogP contribution >= 0.6 is 34.8 Å². The molecule has 0 unspecified atom stereocenters. The van der Waals surface area contributed by atoms with Crippen molar-refractivity contribution < 1.29 is 27.2 Å². The summed E-state index contributed by atoms with van der Waals surface area (Å²) in [6.07, 6.45) is 1.45. The fourth-order valence-electron chi connectivity index (χ4n) is 4.31. The molecule has 8 nitrogen and oxygen atoms in total. The van der Waals surface area contributed by atoms with E-state index in [9.17, 15) is 18.0 Å². The van der Waals surface area contributed by atoms with Crippen LogP contribution in [0.5, 0.6) is 0 Å². The van der Waals surface area contributed by atoms with E-state index in [-0.39, 0.29) is 40.8 Å². The van der Waals surface area contributed by atoms with E-state index in [0.29, 0.717) is 38.6 Å². The van der Waals surface area contributed by atoms with Crippen molar-refractivity contribution in [2.24, 2.45) is 0 Å². The van der Waals surface area contributed by atoms with Gasteiger partial charge in [0.2, 0.25) is 10.0 Å². The van der Waals surface area contributed by atoms with Crippen LogP contribution in [0.2, 0.25) is 15.1 Å². The van der Waals surface area contributed by atoms with Crippen LogP contribution in [0, 0.1) is 0 Å². The van der Waals surface area contributed by atoms with Gasteiger partial charge in [0, 0.05) is 23.8 Å². The van der Waals surface area contributed by atoms with Gasteiger partial charge in [0.05, 0.1) is 39.7 Å². The maximum atomic E-state index is 13.7. The molecular formula is C28H25Cl3N2O6S. The van der Waals surface area contributed by atoms with Crippen molar-refractivity contribution in [3.05, 3.63) is 104 Å². The van der Waals surface area contributed by atoms with Crippen molar-refractivity contribution in [3.8, 4) is 0 Å². The number of rotatable bonds is 9. The highest BCUT2D eigenvalue weighted by atomic mass is 35.5. The molecule has 40 heavy (non-hydrogen) atoms. The molecule has 12 heteroatoms. The zero-order valence-corrected chi connectivity index (χ0v) is 24.9. The largest absolute Gasteiger partial charge is 0.465 e. The highest BCUT2D eigenvalue weighted by molar-refractivity contribution is 7.89. The number of nitrogens with zero attached hydrogens (tertiary/aromatic N) is 2. The van der Waals surface area contributed by atoms with Gasteiger partial charge >= 0.3 is 5.97 Å². The molecule has 0 spiro atoms. The first-order valence-corrected chi connectivity index (χ1v) is 14.6. The van der Waals surface area contributed by atoms with Crippen LogP contribution in [0.1, 0.15) is 30.9 Å². The minimum Gasteiger partial charge on any atom is -0.465 e. The van der Waals surface area contributed by atoms with Crippen LogP contribution in [-0.4, -0.2) is 43.2 Å². The Morgan fingerprint density at radius 1 is 1.02 bits per heavy atom. The van der Waals surface area contributed by atoms with Gasteiger partial charge in [0.25, 0.3) is 5.91 Å². The lowest BCUT2D eigenvalue weighted by Crippen LogP contribution is -2.30. The molecule has 1 aliphatic rings. The summed E-state index contributed by atoms with van der Waals surface area (Å²) in [4.78, 5) is 26.9. The Balaban J connectivity index is 1.69. The summed E-state index contributed by atoms with van der Waals surface area (Å²) in [6, 6.07) is 13.9. The lowest BCUT2D eigenvalue weighted by Gasteiger charge is -2.22. The molecule has 2 heterocycles. The lowest BCUT2D eigenvalue weighted by atomic mass is 10.1. The number of ether oxygens (including phenoxy) is 1. The van der Waals surface area contributed by atoms with E-state index < -0.39 is 16.0 Å². The monoisotopic (exact) mass is 622 g/mol. The molecule has 1 aromatic heterocycles. The smallest absolute Gasteiger partial charge is 0.340 e. The molecule has 1 amide bonds. The van der Waals surface area contributed by atoms with Crippen LogP contribution < -0.4 is 0 Å². The predicted octanol–water partition coefficient (Wildman–Crippen LogP) is 6.32. The maximum absolute atomic E-state index is 13.7. The number of halogens is 3. The average Bonchev–Trinajstić information content (AvgIpc) is 3.46. The third-order valence-corrected chi connectivity index (χ3v) is 9.11. The van der Waals surface area contributed by atoms with Gasteiger partial charge in [0.15, 0.2) is 0 Å². The van der Waals surface area contributed by atoms with E-state index in [4.69, 9.17) is 44.0 Å². The van der Waals surface area contributed by atoms with Gasteiger partial charge in [-0.05, 0) is 74.0 Å². The zero-order chi connectivity index (χ0) is 29.2. The Hall–Kier alpha value is -3.08. The van der Waals surface area contributed by atoms with Crippen LogP contribution in [0.25, 0.3) is 6.08 Å². The number of hydrogen-bond donors (Lipinski definition) is 0. The van der Waals surface area contributed by atoms with Crippen LogP contribution in [0.3, 0.4) is 0 Å². The minimum atomic E-state index is -4.01. The van der Waals surface area contributed by atoms with E-state index >= 15 is 0 Å². The van der Waals surface area contributed by atoms with Crippen molar-refractivity contribution in [2.45, 2.75) is 31.8 Å². The summed E-state index contributed by atoms with van der Waals surface area (Å²) in [5.41, 5.74) is 1.38. The van der Waals surface area contributed by atoms with Gasteiger partial charge in [0.1, 0.15) is 11.5 Å². The fraction of sp³-hybridized carbons (Fsp3) is 0.214. The summed E-state index contributed by atoms with van der Waals surface area (Å²) in [7, 11) is -2.76. The fourth-order valence-corrected chi connectivity index (χ4v) is 6.15. The van der Waals surface area contributed by atoms with Crippen molar-refractivity contribution in [1.82, 2.24) is 9.21 Å². The van der Waals surface area contributed by atoms with Crippen molar-refractivity contribution in [3.63, 3.8) is 0 Å². The number of methoxy groups -OCH3 is 1. The molecule has 0 saturated carbocycles. The van der Waals surface area contributed by atoms with Gasteiger partial charge in [-0.25, -0.2) is 13.2 Å². The molecule has 0 radical (unpaired) electrons. The molecule has 4 rings (SSSR count). The number of allylic oxidation sites excluding steroid dienone is 1. The number of benzene rings is 2. The van der Waals surface area contributed by atoms with Crippen molar-refractivity contribution in [2.75, 3.05) is 13.7 Å². The Morgan fingerprint density at radius 3 is 2.35 bits per heavy atom. The van der Waals surface area contributed by atoms with E-state index in [1.807, 2.05) is 0 Å². The zero-order valence-electron chi connectivity index (χ0n) is 21.8. The van der Waals surface area contributed by atoms with Crippen LogP contribution in [0.15, 0.2) is 80.8 Å². The summed E-state index contributed by atoms with van der Waals surface area (Å²) in [5.74, 6) is -0.418. The van der Waals surface area contributed by atoms with Crippen LogP contribution in [-0.2, 0) is 37.4 Å². The first-order valence-electron chi connectivity index (χ1n) is 12.1. The van der Waals surface area contributed by atoms with Gasteiger partial charge in [-0.1, -0.05) is 40.9 Å². The first-order chi connectivity index (χ1) is 19.0. The van der Waals surface area contributed by atoms with E-state index in [2.05, 4.69) is 0 Å². The number of likely N-dealkylation sites (N-methyl/N-ethyl adjacent to an activating group) is 1. The number of sulfonamides is 1. The standard InChI is InChI=1S/C28H25Cl3N2O6S/c1-4-33-17(2)26(28(35)38-3)23(27(33)34)14-20-8-9-21(39-20)16-32(15-18-5-12-24(30)25(31)13-18)40(36,37)22-10-6-19(29)7-11-22/h5-14H,4,15-16H2,1-3H3/b23-14+. The van der Waals surface area contributed by atoms with Crippen LogP contribution in [0.4, 0.5) is 0 Å². The Labute approximate surface area is 247 Å². The number of hydrogen-bond acceptors (Lipinski definition) is 6. The predicted molar refractivity (Wildman–Crippen MR) is 153 cm³/mol. The molecule has 0 saturated heterocycles. The van der Waals surface area contributed by atoms with E-state index in [1.165, 1.54) is 46.7 Å². The first kappa shape index (κ1) is 29.9. The summed E-state index contributed by atoms with van der Waals surface area (Å²) >= 11 is 18.2. The molecule has 0 fully saturated rings. The maximum Gasteiger partial charge on any atom is 0.340 e. The van der Waals surface area contributed by atoms with Gasteiger partial charge < -0.3 is 14.1 Å². The van der Waals surface area contributed by atoms with E-state index in [1.54, 1.807) is 44.2 Å². The average molecular weight is 624 g/mol. The molecule has 210 valence electrons. The molecule has 0 aliphatic carbocycles. The molecule has 0 atom stereocenters. The van der Waals surface area contributed by atoms with Crippen molar-refractivity contribution in [1.29, 1.82) is 0 Å². The van der Waals surface area contributed by atoms with Gasteiger partial charge in [-0.15, -0.1) is 0 Å². The molecular weight excluding hydrogens is 599 g/mol. The molecule has 0 N–H and O–H groups in total. The number of carbonyl (C=O) groups excluding carboxylic acids is 2. The Bertz CT molecular complexity index is 1630. The normalized spacial score (nSPS) is 15.0. The summed E-state index contributed by atoms with van der Waals surface area (Å²) in [6.45, 7) is 3.68. The highest BCUT2D eigenvalue weighted by Crippen LogP contribution is 2.32. The third kappa shape index (κ3) is 6.14. The number of esters is 1.